The highest BCUT2D eigenvalue weighted by Gasteiger charge is 2.18. The zero-order chi connectivity index (χ0) is 16.8. The molecule has 0 spiro atoms. The van der Waals surface area contributed by atoms with Crippen molar-refractivity contribution in [3.63, 3.8) is 0 Å². The van der Waals surface area contributed by atoms with Gasteiger partial charge in [0.15, 0.2) is 0 Å². The SMILES string of the molecule is CC[C@H](C(=O)NCc1cccc(CN2CCCC2)c1)n1cccn1. The van der Waals surface area contributed by atoms with Crippen molar-refractivity contribution in [2.75, 3.05) is 13.1 Å². The summed E-state index contributed by atoms with van der Waals surface area (Å²) < 4.78 is 1.72. The number of aromatic nitrogens is 2. The van der Waals surface area contributed by atoms with Crippen LogP contribution in [0.3, 0.4) is 0 Å². The molecule has 0 unspecified atom stereocenters. The molecule has 1 aromatic carbocycles. The number of hydrogen-bond donors (Lipinski definition) is 1. The third-order valence-electron chi connectivity index (χ3n) is 4.60. The second kappa shape index (κ2) is 8.11. The Morgan fingerprint density at radius 2 is 2.04 bits per heavy atom. The predicted octanol–water partition coefficient (Wildman–Crippen LogP) is 2.75. The van der Waals surface area contributed by atoms with Crippen molar-refractivity contribution in [1.29, 1.82) is 0 Å². The molecule has 1 aliphatic rings. The van der Waals surface area contributed by atoms with Crippen LogP contribution in [0.15, 0.2) is 42.7 Å². The van der Waals surface area contributed by atoms with Gasteiger partial charge in [-0.2, -0.15) is 5.10 Å². The maximum absolute atomic E-state index is 12.4. The molecule has 2 heterocycles. The highest BCUT2D eigenvalue weighted by atomic mass is 16.2. The Labute approximate surface area is 143 Å². The van der Waals surface area contributed by atoms with Crippen LogP contribution in [0.25, 0.3) is 0 Å². The van der Waals surface area contributed by atoms with Gasteiger partial charge in [0, 0.05) is 25.5 Å². The van der Waals surface area contributed by atoms with Crippen molar-refractivity contribution in [3.05, 3.63) is 53.9 Å². The van der Waals surface area contributed by atoms with Crippen molar-refractivity contribution < 1.29 is 4.79 Å². The molecule has 0 radical (unpaired) electrons. The lowest BCUT2D eigenvalue weighted by molar-refractivity contribution is -0.124. The number of benzene rings is 1. The smallest absolute Gasteiger partial charge is 0.245 e. The molecular weight excluding hydrogens is 300 g/mol. The molecule has 0 saturated carbocycles. The highest BCUT2D eigenvalue weighted by Crippen LogP contribution is 2.14. The molecule has 128 valence electrons. The molecule has 5 heteroatoms. The first-order valence-corrected chi connectivity index (χ1v) is 8.83. The fraction of sp³-hybridized carbons (Fsp3) is 0.474. The van der Waals surface area contributed by atoms with Gasteiger partial charge in [0.25, 0.3) is 0 Å². The molecule has 0 aliphatic carbocycles. The molecule has 1 fully saturated rings. The molecule has 1 saturated heterocycles. The minimum atomic E-state index is -0.243. The van der Waals surface area contributed by atoms with Crippen molar-refractivity contribution in [3.8, 4) is 0 Å². The fourth-order valence-electron chi connectivity index (χ4n) is 3.30. The molecule has 0 bridgehead atoms. The average molecular weight is 326 g/mol. The van der Waals surface area contributed by atoms with E-state index >= 15 is 0 Å². The van der Waals surface area contributed by atoms with E-state index < -0.39 is 0 Å². The first-order valence-electron chi connectivity index (χ1n) is 8.83. The fourth-order valence-corrected chi connectivity index (χ4v) is 3.30. The van der Waals surface area contributed by atoms with E-state index in [9.17, 15) is 4.79 Å². The third kappa shape index (κ3) is 4.23. The van der Waals surface area contributed by atoms with Gasteiger partial charge in [-0.25, -0.2) is 0 Å². The number of carbonyl (C=O) groups is 1. The van der Waals surface area contributed by atoms with Crippen molar-refractivity contribution >= 4 is 5.91 Å². The predicted molar refractivity (Wildman–Crippen MR) is 94.4 cm³/mol. The van der Waals surface area contributed by atoms with Gasteiger partial charge in [0.2, 0.25) is 5.91 Å². The third-order valence-corrected chi connectivity index (χ3v) is 4.60. The molecule has 1 atom stereocenters. The summed E-state index contributed by atoms with van der Waals surface area (Å²) in [6.45, 7) is 5.96. The van der Waals surface area contributed by atoms with Gasteiger partial charge in [-0.05, 0) is 49.5 Å². The van der Waals surface area contributed by atoms with Crippen LogP contribution >= 0.6 is 0 Å². The molecule has 24 heavy (non-hydrogen) atoms. The van der Waals surface area contributed by atoms with Crippen LogP contribution in [0.4, 0.5) is 0 Å². The van der Waals surface area contributed by atoms with E-state index in [0.29, 0.717) is 6.54 Å². The number of nitrogens with one attached hydrogen (secondary N) is 1. The Bertz CT molecular complexity index is 647. The van der Waals surface area contributed by atoms with E-state index in [-0.39, 0.29) is 11.9 Å². The van der Waals surface area contributed by atoms with Gasteiger partial charge < -0.3 is 5.32 Å². The van der Waals surface area contributed by atoms with Gasteiger partial charge >= 0.3 is 0 Å². The van der Waals surface area contributed by atoms with Gasteiger partial charge in [-0.15, -0.1) is 0 Å². The summed E-state index contributed by atoms with van der Waals surface area (Å²) in [5.74, 6) is 0.0196. The minimum Gasteiger partial charge on any atom is -0.350 e. The Morgan fingerprint density at radius 3 is 2.75 bits per heavy atom. The molecule has 1 aromatic heterocycles. The number of rotatable bonds is 7. The molecule has 2 aromatic rings. The summed E-state index contributed by atoms with van der Waals surface area (Å²) in [6, 6.07) is 10.1. The Balaban J connectivity index is 1.56. The maximum atomic E-state index is 12.4. The molecule has 1 aliphatic heterocycles. The quantitative estimate of drug-likeness (QED) is 0.851. The van der Waals surface area contributed by atoms with Crippen LogP contribution in [0.2, 0.25) is 0 Å². The van der Waals surface area contributed by atoms with Gasteiger partial charge in [0.1, 0.15) is 6.04 Å². The summed E-state index contributed by atoms with van der Waals surface area (Å²) in [6.07, 6.45) is 6.88. The number of likely N-dealkylation sites (tertiary alicyclic amines) is 1. The highest BCUT2D eigenvalue weighted by molar-refractivity contribution is 5.80. The summed E-state index contributed by atoms with van der Waals surface area (Å²) in [5.41, 5.74) is 2.47. The second-order valence-electron chi connectivity index (χ2n) is 6.43. The number of amides is 1. The van der Waals surface area contributed by atoms with E-state index in [2.05, 4.69) is 39.6 Å². The van der Waals surface area contributed by atoms with E-state index in [0.717, 1.165) is 18.5 Å². The monoisotopic (exact) mass is 326 g/mol. The maximum Gasteiger partial charge on any atom is 0.245 e. The first-order chi connectivity index (χ1) is 11.8. The van der Waals surface area contributed by atoms with Gasteiger partial charge in [0.05, 0.1) is 0 Å². The van der Waals surface area contributed by atoms with E-state index in [1.807, 2.05) is 19.2 Å². The van der Waals surface area contributed by atoms with Crippen molar-refractivity contribution in [1.82, 2.24) is 20.0 Å². The normalized spacial score (nSPS) is 16.2. The lowest BCUT2D eigenvalue weighted by Crippen LogP contribution is -2.32. The average Bonchev–Trinajstić information content (AvgIpc) is 3.28. The van der Waals surface area contributed by atoms with Gasteiger partial charge in [-0.3, -0.25) is 14.4 Å². The standard InChI is InChI=1S/C19H26N4O/c1-2-18(23-12-6-9-21-23)19(24)20-14-16-7-5-8-17(13-16)15-22-10-3-4-11-22/h5-9,12-13,18H,2-4,10-11,14-15H2,1H3,(H,20,24)/t18-/m1/s1. The lowest BCUT2D eigenvalue weighted by atomic mass is 10.1. The van der Waals surface area contributed by atoms with Crippen LogP contribution in [-0.2, 0) is 17.9 Å². The van der Waals surface area contributed by atoms with Crippen LogP contribution in [0, 0.1) is 0 Å². The molecular formula is C19H26N4O. The Morgan fingerprint density at radius 1 is 1.25 bits per heavy atom. The van der Waals surface area contributed by atoms with E-state index in [4.69, 9.17) is 0 Å². The van der Waals surface area contributed by atoms with Crippen molar-refractivity contribution in [2.45, 2.75) is 45.3 Å². The zero-order valence-electron chi connectivity index (χ0n) is 14.3. The van der Waals surface area contributed by atoms with E-state index in [1.54, 1.807) is 10.9 Å². The van der Waals surface area contributed by atoms with Crippen LogP contribution in [-0.4, -0.2) is 33.7 Å². The topological polar surface area (TPSA) is 50.2 Å². The molecule has 3 rings (SSSR count). The summed E-state index contributed by atoms with van der Waals surface area (Å²) in [7, 11) is 0. The van der Waals surface area contributed by atoms with Crippen LogP contribution < -0.4 is 5.32 Å². The number of hydrogen-bond acceptors (Lipinski definition) is 3. The minimum absolute atomic E-state index is 0.0196. The molecule has 1 amide bonds. The second-order valence-corrected chi connectivity index (χ2v) is 6.43. The zero-order valence-corrected chi connectivity index (χ0v) is 14.3. The molecule has 5 nitrogen and oxygen atoms in total. The van der Waals surface area contributed by atoms with Crippen LogP contribution in [0.5, 0.6) is 0 Å². The first kappa shape index (κ1) is 16.7. The molecule has 1 N–H and O–H groups in total. The van der Waals surface area contributed by atoms with E-state index in [1.165, 1.54) is 31.5 Å². The van der Waals surface area contributed by atoms with Crippen molar-refractivity contribution in [2.24, 2.45) is 0 Å². The van der Waals surface area contributed by atoms with Gasteiger partial charge in [-0.1, -0.05) is 31.2 Å². The number of carbonyl (C=O) groups excluding carboxylic acids is 1. The largest absolute Gasteiger partial charge is 0.350 e. The number of nitrogens with zero attached hydrogens (tertiary/aromatic N) is 3. The summed E-state index contributed by atoms with van der Waals surface area (Å²) in [4.78, 5) is 14.9. The summed E-state index contributed by atoms with van der Waals surface area (Å²) in [5, 5.41) is 7.23. The summed E-state index contributed by atoms with van der Waals surface area (Å²) >= 11 is 0. The Kier molecular flexibility index (Phi) is 5.64. The Hall–Kier alpha value is -2.14. The lowest BCUT2D eigenvalue weighted by Gasteiger charge is -2.17. The van der Waals surface area contributed by atoms with Crippen LogP contribution in [0.1, 0.15) is 43.4 Å².